The second kappa shape index (κ2) is 7.22. The molecule has 0 aliphatic carbocycles. The second-order valence-corrected chi connectivity index (χ2v) is 5.99. The lowest BCUT2D eigenvalue weighted by Gasteiger charge is -2.14. The molecule has 5 heteroatoms. The third kappa shape index (κ3) is 4.28. The van der Waals surface area contributed by atoms with Crippen molar-refractivity contribution in [2.24, 2.45) is 0 Å². The number of aromatic amines is 1. The molecule has 2 aromatic rings. The van der Waals surface area contributed by atoms with Gasteiger partial charge in [0.2, 0.25) is 5.56 Å². The second-order valence-electron chi connectivity index (χ2n) is 5.99. The van der Waals surface area contributed by atoms with Crippen LogP contribution >= 0.6 is 0 Å². The van der Waals surface area contributed by atoms with Crippen molar-refractivity contribution in [2.45, 2.75) is 32.6 Å². The summed E-state index contributed by atoms with van der Waals surface area (Å²) >= 11 is 0. The summed E-state index contributed by atoms with van der Waals surface area (Å²) in [5.74, 6) is -0.799. The van der Waals surface area contributed by atoms with Crippen molar-refractivity contribution in [1.29, 1.82) is 0 Å². The van der Waals surface area contributed by atoms with Crippen LogP contribution in [0.15, 0.2) is 41.3 Å². The maximum atomic E-state index is 13.9. The summed E-state index contributed by atoms with van der Waals surface area (Å²) in [6, 6.07) is 7.89. The highest BCUT2D eigenvalue weighted by molar-refractivity contribution is 5.94. The fourth-order valence-corrected chi connectivity index (χ4v) is 2.30. The van der Waals surface area contributed by atoms with Crippen LogP contribution in [0.4, 0.5) is 4.39 Å². The number of halogens is 1. The van der Waals surface area contributed by atoms with Gasteiger partial charge in [-0.15, -0.1) is 0 Å². The van der Waals surface area contributed by atoms with Crippen molar-refractivity contribution >= 4 is 5.91 Å². The molecule has 0 aliphatic heterocycles. The third-order valence-corrected chi connectivity index (χ3v) is 3.84. The van der Waals surface area contributed by atoms with Gasteiger partial charge in [0, 0.05) is 18.8 Å². The summed E-state index contributed by atoms with van der Waals surface area (Å²) < 4.78 is 13.9. The number of carbonyl (C=O) groups is 1. The van der Waals surface area contributed by atoms with E-state index in [2.05, 4.69) is 10.3 Å². The van der Waals surface area contributed by atoms with Gasteiger partial charge in [-0.25, -0.2) is 4.39 Å². The van der Waals surface area contributed by atoms with Gasteiger partial charge in [0.05, 0.1) is 5.56 Å². The summed E-state index contributed by atoms with van der Waals surface area (Å²) in [5, 5.41) is 2.73. The molecule has 1 aromatic heterocycles. The molecule has 1 unspecified atom stereocenters. The molecule has 1 amide bonds. The lowest BCUT2D eigenvalue weighted by atomic mass is 9.99. The molecule has 1 heterocycles. The highest BCUT2D eigenvalue weighted by Crippen LogP contribution is 2.18. The Morgan fingerprint density at radius 2 is 1.91 bits per heavy atom. The fourth-order valence-electron chi connectivity index (χ4n) is 2.30. The Morgan fingerprint density at radius 1 is 1.17 bits per heavy atom. The van der Waals surface area contributed by atoms with E-state index in [0.717, 1.165) is 11.1 Å². The minimum Gasteiger partial charge on any atom is -0.351 e. The summed E-state index contributed by atoms with van der Waals surface area (Å²) in [7, 11) is 0. The monoisotopic (exact) mass is 316 g/mol. The van der Waals surface area contributed by atoms with Crippen LogP contribution in [0, 0.1) is 5.82 Å². The largest absolute Gasteiger partial charge is 0.351 e. The SMILES string of the molecule is CC(C)c1ccc(F)c(C(=O)NCC(C)c2cc[nH]c(=O)c2)c1. The molecule has 2 N–H and O–H groups in total. The molecular weight excluding hydrogens is 295 g/mol. The van der Waals surface area contributed by atoms with Gasteiger partial charge in [-0.05, 0) is 41.2 Å². The highest BCUT2D eigenvalue weighted by Gasteiger charge is 2.15. The van der Waals surface area contributed by atoms with Crippen molar-refractivity contribution in [3.8, 4) is 0 Å². The molecule has 0 fully saturated rings. The normalized spacial score (nSPS) is 12.2. The zero-order chi connectivity index (χ0) is 17.0. The van der Waals surface area contributed by atoms with Crippen LogP contribution in [0.5, 0.6) is 0 Å². The zero-order valence-corrected chi connectivity index (χ0v) is 13.5. The number of aromatic nitrogens is 1. The van der Waals surface area contributed by atoms with Crippen LogP contribution in [0.3, 0.4) is 0 Å². The van der Waals surface area contributed by atoms with E-state index in [1.165, 1.54) is 12.1 Å². The number of H-pyrrole nitrogens is 1. The Morgan fingerprint density at radius 3 is 2.57 bits per heavy atom. The van der Waals surface area contributed by atoms with Crippen molar-refractivity contribution in [3.05, 3.63) is 69.4 Å². The van der Waals surface area contributed by atoms with Gasteiger partial charge in [0.1, 0.15) is 5.82 Å². The molecule has 23 heavy (non-hydrogen) atoms. The van der Waals surface area contributed by atoms with Crippen molar-refractivity contribution in [2.75, 3.05) is 6.54 Å². The topological polar surface area (TPSA) is 62.0 Å². The maximum absolute atomic E-state index is 13.9. The molecule has 0 saturated heterocycles. The van der Waals surface area contributed by atoms with E-state index in [9.17, 15) is 14.0 Å². The summed E-state index contributed by atoms with van der Waals surface area (Å²) in [4.78, 5) is 26.1. The van der Waals surface area contributed by atoms with Gasteiger partial charge in [-0.2, -0.15) is 0 Å². The molecule has 0 aliphatic rings. The van der Waals surface area contributed by atoms with Crippen molar-refractivity contribution in [3.63, 3.8) is 0 Å². The lowest BCUT2D eigenvalue weighted by Crippen LogP contribution is -2.28. The van der Waals surface area contributed by atoms with Crippen molar-refractivity contribution in [1.82, 2.24) is 10.3 Å². The van der Waals surface area contributed by atoms with Crippen LogP contribution in [-0.4, -0.2) is 17.4 Å². The molecule has 1 atom stereocenters. The van der Waals surface area contributed by atoms with E-state index in [1.54, 1.807) is 24.4 Å². The van der Waals surface area contributed by atoms with E-state index >= 15 is 0 Å². The van der Waals surface area contributed by atoms with Gasteiger partial charge in [-0.3, -0.25) is 9.59 Å². The Kier molecular flexibility index (Phi) is 5.32. The van der Waals surface area contributed by atoms with Crippen molar-refractivity contribution < 1.29 is 9.18 Å². The standard InChI is InChI=1S/C18H21FN2O2/c1-11(2)13-4-5-16(19)15(8-13)18(23)21-10-12(3)14-6-7-20-17(22)9-14/h4-9,11-12H,10H2,1-3H3,(H,20,22)(H,21,23). The Labute approximate surface area is 134 Å². The number of benzene rings is 1. The molecule has 0 bridgehead atoms. The van der Waals surface area contributed by atoms with Crippen LogP contribution in [0.1, 0.15) is 54.1 Å². The molecular formula is C18H21FN2O2. The van der Waals surface area contributed by atoms with Gasteiger partial charge in [0.25, 0.3) is 5.91 Å². The van der Waals surface area contributed by atoms with Crippen LogP contribution < -0.4 is 10.9 Å². The number of amides is 1. The quantitative estimate of drug-likeness (QED) is 0.890. The van der Waals surface area contributed by atoms with Crippen LogP contribution in [0.2, 0.25) is 0 Å². The van der Waals surface area contributed by atoms with E-state index in [-0.39, 0.29) is 23.0 Å². The first kappa shape index (κ1) is 16.9. The van der Waals surface area contributed by atoms with Gasteiger partial charge < -0.3 is 10.3 Å². The highest BCUT2D eigenvalue weighted by atomic mass is 19.1. The molecule has 0 saturated carbocycles. The average Bonchev–Trinajstić information content (AvgIpc) is 2.52. The minimum atomic E-state index is -0.532. The van der Waals surface area contributed by atoms with Gasteiger partial charge >= 0.3 is 0 Å². The van der Waals surface area contributed by atoms with E-state index in [0.29, 0.717) is 6.54 Å². The number of carbonyl (C=O) groups excluding carboxylic acids is 1. The number of rotatable bonds is 5. The average molecular weight is 316 g/mol. The summed E-state index contributed by atoms with van der Waals surface area (Å²) in [5.41, 5.74) is 1.61. The van der Waals surface area contributed by atoms with Crippen LogP contribution in [0.25, 0.3) is 0 Å². The predicted molar refractivity (Wildman–Crippen MR) is 88.3 cm³/mol. The first-order chi connectivity index (χ1) is 10.9. The molecule has 4 nitrogen and oxygen atoms in total. The predicted octanol–water partition coefficient (Wildman–Crippen LogP) is 3.17. The smallest absolute Gasteiger partial charge is 0.254 e. The zero-order valence-electron chi connectivity index (χ0n) is 13.5. The van der Waals surface area contributed by atoms with E-state index < -0.39 is 11.7 Å². The van der Waals surface area contributed by atoms with Crippen LogP contribution in [-0.2, 0) is 0 Å². The first-order valence-corrected chi connectivity index (χ1v) is 7.64. The number of hydrogen-bond acceptors (Lipinski definition) is 2. The van der Waals surface area contributed by atoms with Gasteiger partial charge in [0.15, 0.2) is 0 Å². The summed E-state index contributed by atoms with van der Waals surface area (Å²) in [6.45, 7) is 6.21. The summed E-state index contributed by atoms with van der Waals surface area (Å²) in [6.07, 6.45) is 1.57. The van der Waals surface area contributed by atoms with E-state index in [1.807, 2.05) is 20.8 Å². The minimum absolute atomic E-state index is 0.0439. The number of nitrogens with one attached hydrogen (secondary N) is 2. The Balaban J connectivity index is 2.07. The lowest BCUT2D eigenvalue weighted by molar-refractivity contribution is 0.0947. The maximum Gasteiger partial charge on any atom is 0.254 e. The number of pyridine rings is 1. The molecule has 0 radical (unpaired) electrons. The Bertz CT molecular complexity index is 753. The molecule has 1 aromatic carbocycles. The van der Waals surface area contributed by atoms with E-state index in [4.69, 9.17) is 0 Å². The third-order valence-electron chi connectivity index (χ3n) is 3.84. The van der Waals surface area contributed by atoms with Gasteiger partial charge in [-0.1, -0.05) is 26.8 Å². The molecule has 0 spiro atoms. The fraction of sp³-hybridized carbons (Fsp3) is 0.333. The number of hydrogen-bond donors (Lipinski definition) is 2. The molecule has 2 rings (SSSR count). The first-order valence-electron chi connectivity index (χ1n) is 7.64. The Hall–Kier alpha value is -2.43. The molecule has 122 valence electrons.